The fraction of sp³-hybridized carbons (Fsp3) is 0.438. The van der Waals surface area contributed by atoms with Gasteiger partial charge in [0.2, 0.25) is 0 Å². The molecule has 0 saturated carbocycles. The Morgan fingerprint density at radius 2 is 2.14 bits per heavy atom. The molecule has 1 aromatic carbocycles. The third-order valence-corrected chi connectivity index (χ3v) is 3.16. The maximum Gasteiger partial charge on any atom is 0.261 e. The lowest BCUT2D eigenvalue weighted by Gasteiger charge is -2.20. The van der Waals surface area contributed by atoms with E-state index in [1.807, 2.05) is 26.1 Å². The van der Waals surface area contributed by atoms with Gasteiger partial charge in [0, 0.05) is 17.7 Å². The van der Waals surface area contributed by atoms with Crippen molar-refractivity contribution in [1.82, 2.24) is 10.6 Å². The number of carbonyl (C=O) groups is 1. The highest BCUT2D eigenvalue weighted by Crippen LogP contribution is 2.30. The molecule has 0 spiro atoms. The van der Waals surface area contributed by atoms with Crippen LogP contribution in [0.3, 0.4) is 0 Å². The first-order valence-corrected chi connectivity index (χ1v) is 6.76. The predicted octanol–water partition coefficient (Wildman–Crippen LogP) is 1.49. The third-order valence-electron chi connectivity index (χ3n) is 3.16. The normalized spacial score (nSPS) is 12.9. The lowest BCUT2D eigenvalue weighted by Crippen LogP contribution is -2.36. The second-order valence-corrected chi connectivity index (χ2v) is 4.60. The van der Waals surface area contributed by atoms with Crippen LogP contribution in [0, 0.1) is 12.3 Å². The van der Waals surface area contributed by atoms with E-state index in [2.05, 4.69) is 16.6 Å². The van der Waals surface area contributed by atoms with Gasteiger partial charge >= 0.3 is 0 Å². The molecule has 0 fully saturated rings. The molecule has 0 bridgehead atoms. The zero-order valence-corrected chi connectivity index (χ0v) is 12.9. The standard InChI is InChI=1S/C16H22N2O3/c1-6-9-18-16(19)12(3)21-15-10-13(20-5)7-8-14(15)11(2)17-4/h1,7-8,10-12,17H,9H2,2-5H3,(H,18,19). The van der Waals surface area contributed by atoms with E-state index in [0.29, 0.717) is 11.5 Å². The zero-order valence-electron chi connectivity index (χ0n) is 12.9. The van der Waals surface area contributed by atoms with E-state index in [9.17, 15) is 4.79 Å². The number of nitrogens with one attached hydrogen (secondary N) is 2. The smallest absolute Gasteiger partial charge is 0.261 e. The molecule has 2 unspecified atom stereocenters. The highest BCUT2D eigenvalue weighted by Gasteiger charge is 2.18. The number of ether oxygens (including phenoxy) is 2. The van der Waals surface area contributed by atoms with Gasteiger partial charge in [0.25, 0.3) is 5.91 Å². The van der Waals surface area contributed by atoms with E-state index in [-0.39, 0.29) is 18.5 Å². The number of carbonyl (C=O) groups excluding carboxylic acids is 1. The first-order chi connectivity index (χ1) is 10.0. The van der Waals surface area contributed by atoms with E-state index in [0.717, 1.165) is 5.56 Å². The van der Waals surface area contributed by atoms with Crippen LogP contribution in [0.1, 0.15) is 25.5 Å². The van der Waals surface area contributed by atoms with Gasteiger partial charge in [0.05, 0.1) is 13.7 Å². The fourth-order valence-electron chi connectivity index (χ4n) is 1.78. The van der Waals surface area contributed by atoms with E-state index < -0.39 is 6.10 Å². The molecule has 5 heteroatoms. The van der Waals surface area contributed by atoms with E-state index in [1.54, 1.807) is 20.1 Å². The molecule has 0 saturated heterocycles. The molecule has 2 atom stereocenters. The molecule has 0 aliphatic heterocycles. The molecule has 0 radical (unpaired) electrons. The van der Waals surface area contributed by atoms with Crippen molar-refractivity contribution in [1.29, 1.82) is 0 Å². The maximum atomic E-state index is 11.8. The summed E-state index contributed by atoms with van der Waals surface area (Å²) < 4.78 is 11.0. The van der Waals surface area contributed by atoms with Crippen molar-refractivity contribution < 1.29 is 14.3 Å². The number of amides is 1. The average molecular weight is 290 g/mol. The maximum absolute atomic E-state index is 11.8. The van der Waals surface area contributed by atoms with E-state index >= 15 is 0 Å². The Hall–Kier alpha value is -2.19. The summed E-state index contributed by atoms with van der Waals surface area (Å²) in [7, 11) is 3.45. The van der Waals surface area contributed by atoms with Gasteiger partial charge in [-0.25, -0.2) is 0 Å². The number of benzene rings is 1. The van der Waals surface area contributed by atoms with Gasteiger partial charge in [-0.3, -0.25) is 4.79 Å². The molecule has 114 valence electrons. The van der Waals surface area contributed by atoms with Crippen LogP contribution in [-0.4, -0.2) is 32.7 Å². The second-order valence-electron chi connectivity index (χ2n) is 4.60. The number of terminal acetylenes is 1. The van der Waals surface area contributed by atoms with Crippen molar-refractivity contribution in [3.63, 3.8) is 0 Å². The van der Waals surface area contributed by atoms with Gasteiger partial charge in [0.1, 0.15) is 11.5 Å². The van der Waals surface area contributed by atoms with Crippen LogP contribution in [0.2, 0.25) is 0 Å². The first kappa shape index (κ1) is 16.9. The quantitative estimate of drug-likeness (QED) is 0.747. The topological polar surface area (TPSA) is 59.6 Å². The summed E-state index contributed by atoms with van der Waals surface area (Å²) >= 11 is 0. The Kier molecular flexibility index (Phi) is 6.57. The molecule has 0 aliphatic carbocycles. The summed E-state index contributed by atoms with van der Waals surface area (Å²) in [5, 5.41) is 5.74. The Morgan fingerprint density at radius 1 is 1.43 bits per heavy atom. The summed E-state index contributed by atoms with van der Waals surface area (Å²) in [5.74, 6) is 3.39. The lowest BCUT2D eigenvalue weighted by atomic mass is 10.1. The van der Waals surface area contributed by atoms with E-state index in [4.69, 9.17) is 15.9 Å². The summed E-state index contributed by atoms with van der Waals surface area (Å²) in [4.78, 5) is 11.8. The first-order valence-electron chi connectivity index (χ1n) is 6.76. The summed E-state index contributed by atoms with van der Waals surface area (Å²) in [6.45, 7) is 3.88. The Morgan fingerprint density at radius 3 is 2.71 bits per heavy atom. The molecular weight excluding hydrogens is 268 g/mol. The van der Waals surface area contributed by atoms with Gasteiger partial charge in [-0.05, 0) is 27.0 Å². The molecule has 0 aromatic heterocycles. The monoisotopic (exact) mass is 290 g/mol. The molecule has 0 heterocycles. The summed E-state index contributed by atoms with van der Waals surface area (Å²) in [6.07, 6.45) is 4.47. The lowest BCUT2D eigenvalue weighted by molar-refractivity contribution is -0.127. The Labute approximate surface area is 126 Å². The van der Waals surface area contributed by atoms with Gasteiger partial charge in [-0.1, -0.05) is 12.0 Å². The highest BCUT2D eigenvalue weighted by molar-refractivity contribution is 5.81. The van der Waals surface area contributed by atoms with Gasteiger partial charge in [-0.2, -0.15) is 0 Å². The van der Waals surface area contributed by atoms with Crippen LogP contribution in [0.25, 0.3) is 0 Å². The largest absolute Gasteiger partial charge is 0.497 e. The van der Waals surface area contributed by atoms with Gasteiger partial charge in [0.15, 0.2) is 6.10 Å². The number of hydrogen-bond acceptors (Lipinski definition) is 4. The average Bonchev–Trinajstić information content (AvgIpc) is 2.51. The molecular formula is C16H22N2O3. The fourth-order valence-corrected chi connectivity index (χ4v) is 1.78. The van der Waals surface area contributed by atoms with Crippen molar-refractivity contribution >= 4 is 5.91 Å². The summed E-state index contributed by atoms with van der Waals surface area (Å²) in [5.41, 5.74) is 0.954. The molecule has 21 heavy (non-hydrogen) atoms. The highest BCUT2D eigenvalue weighted by atomic mass is 16.5. The minimum atomic E-state index is -0.645. The predicted molar refractivity (Wildman–Crippen MR) is 82.4 cm³/mol. The van der Waals surface area contributed by atoms with Crippen molar-refractivity contribution in [3.8, 4) is 23.8 Å². The molecule has 1 aromatic rings. The number of hydrogen-bond donors (Lipinski definition) is 2. The van der Waals surface area contributed by atoms with Crippen LogP contribution < -0.4 is 20.1 Å². The van der Waals surface area contributed by atoms with Crippen LogP contribution in [0.15, 0.2) is 18.2 Å². The molecule has 0 aliphatic rings. The van der Waals surface area contributed by atoms with Crippen LogP contribution in [0.5, 0.6) is 11.5 Å². The van der Waals surface area contributed by atoms with Crippen LogP contribution in [-0.2, 0) is 4.79 Å². The molecule has 1 amide bonds. The SMILES string of the molecule is C#CCNC(=O)C(C)Oc1cc(OC)ccc1C(C)NC. The Balaban J connectivity index is 2.94. The molecule has 5 nitrogen and oxygen atoms in total. The number of methoxy groups -OCH3 is 1. The minimum Gasteiger partial charge on any atom is -0.497 e. The van der Waals surface area contributed by atoms with Crippen LogP contribution >= 0.6 is 0 Å². The van der Waals surface area contributed by atoms with Crippen molar-refractivity contribution in [2.45, 2.75) is 26.0 Å². The van der Waals surface area contributed by atoms with Crippen molar-refractivity contribution in [3.05, 3.63) is 23.8 Å². The minimum absolute atomic E-state index is 0.0897. The van der Waals surface area contributed by atoms with Crippen LogP contribution in [0.4, 0.5) is 0 Å². The zero-order chi connectivity index (χ0) is 15.8. The molecule has 2 N–H and O–H groups in total. The Bertz CT molecular complexity index is 523. The van der Waals surface area contributed by atoms with Gasteiger partial charge < -0.3 is 20.1 Å². The number of rotatable bonds is 7. The summed E-state index contributed by atoms with van der Waals surface area (Å²) in [6, 6.07) is 5.64. The van der Waals surface area contributed by atoms with Gasteiger partial charge in [-0.15, -0.1) is 6.42 Å². The van der Waals surface area contributed by atoms with Crippen molar-refractivity contribution in [2.24, 2.45) is 0 Å². The third kappa shape index (κ3) is 4.69. The second kappa shape index (κ2) is 8.18. The molecule has 1 rings (SSSR count). The van der Waals surface area contributed by atoms with E-state index in [1.165, 1.54) is 0 Å². The van der Waals surface area contributed by atoms with Crippen molar-refractivity contribution in [2.75, 3.05) is 20.7 Å².